The van der Waals surface area contributed by atoms with E-state index in [0.29, 0.717) is 6.61 Å². The van der Waals surface area contributed by atoms with Gasteiger partial charge in [0.05, 0.1) is 12.7 Å². The fraction of sp³-hybridized carbons (Fsp3) is 0.300. The standard InChI is InChI=1S/C20H21NO5/c1-15(24-12-16-8-4-2-5-9-16)18-19(22)26-14-21(18)20(23)25-13-17-10-6-3-7-11-17/h2-11,15,18H,12-14H2,1H3/t15-,18+/m1/s1. The van der Waals surface area contributed by atoms with Crippen LogP contribution < -0.4 is 0 Å². The molecule has 1 saturated heterocycles. The SMILES string of the molecule is C[C@@H](OCc1ccccc1)[C@H]1C(=O)OCN1C(=O)OCc1ccccc1. The summed E-state index contributed by atoms with van der Waals surface area (Å²) in [6, 6.07) is 18.2. The first-order valence-electron chi connectivity index (χ1n) is 8.44. The van der Waals surface area contributed by atoms with Crippen LogP contribution in [-0.4, -0.2) is 35.8 Å². The number of esters is 1. The number of carbonyl (C=O) groups is 2. The second-order valence-corrected chi connectivity index (χ2v) is 6.05. The number of rotatable bonds is 6. The molecular formula is C20H21NO5. The van der Waals surface area contributed by atoms with Gasteiger partial charge in [0.15, 0.2) is 12.8 Å². The fourth-order valence-corrected chi connectivity index (χ4v) is 2.73. The summed E-state index contributed by atoms with van der Waals surface area (Å²) in [5.74, 6) is -0.484. The van der Waals surface area contributed by atoms with Crippen LogP contribution in [0.25, 0.3) is 0 Å². The highest BCUT2D eigenvalue weighted by Crippen LogP contribution is 2.20. The molecule has 1 heterocycles. The molecule has 2 aromatic rings. The van der Waals surface area contributed by atoms with E-state index >= 15 is 0 Å². The van der Waals surface area contributed by atoms with Gasteiger partial charge in [0.2, 0.25) is 0 Å². The van der Waals surface area contributed by atoms with Crippen LogP contribution in [0.1, 0.15) is 18.1 Å². The van der Waals surface area contributed by atoms with Crippen molar-refractivity contribution in [2.24, 2.45) is 0 Å². The number of hydrogen-bond acceptors (Lipinski definition) is 5. The van der Waals surface area contributed by atoms with Gasteiger partial charge in [-0.15, -0.1) is 0 Å². The highest BCUT2D eigenvalue weighted by atomic mass is 16.6. The molecule has 26 heavy (non-hydrogen) atoms. The Labute approximate surface area is 152 Å². The minimum atomic E-state index is -0.818. The van der Waals surface area contributed by atoms with E-state index in [-0.39, 0.29) is 13.3 Å². The van der Waals surface area contributed by atoms with Crippen molar-refractivity contribution in [3.05, 3.63) is 71.8 Å². The van der Waals surface area contributed by atoms with Crippen molar-refractivity contribution in [2.45, 2.75) is 32.3 Å². The Kier molecular flexibility index (Phi) is 5.86. The van der Waals surface area contributed by atoms with Crippen molar-refractivity contribution in [3.63, 3.8) is 0 Å². The van der Waals surface area contributed by atoms with E-state index in [1.54, 1.807) is 6.92 Å². The average molecular weight is 355 g/mol. The maximum absolute atomic E-state index is 12.4. The summed E-state index contributed by atoms with van der Waals surface area (Å²) < 4.78 is 16.1. The molecule has 136 valence electrons. The smallest absolute Gasteiger partial charge is 0.413 e. The van der Waals surface area contributed by atoms with E-state index in [4.69, 9.17) is 14.2 Å². The van der Waals surface area contributed by atoms with E-state index in [9.17, 15) is 9.59 Å². The summed E-state index contributed by atoms with van der Waals surface area (Å²) in [6.45, 7) is 2.10. The third-order valence-corrected chi connectivity index (χ3v) is 4.16. The van der Waals surface area contributed by atoms with Crippen LogP contribution in [0, 0.1) is 0 Å². The van der Waals surface area contributed by atoms with Crippen molar-refractivity contribution in [1.29, 1.82) is 0 Å². The Morgan fingerprint density at radius 3 is 2.27 bits per heavy atom. The molecule has 0 saturated carbocycles. The highest BCUT2D eigenvalue weighted by Gasteiger charge is 2.43. The first kappa shape index (κ1) is 17.9. The van der Waals surface area contributed by atoms with E-state index in [1.165, 1.54) is 4.90 Å². The molecule has 0 aliphatic carbocycles. The van der Waals surface area contributed by atoms with Gasteiger partial charge in [0.1, 0.15) is 6.61 Å². The molecular weight excluding hydrogens is 334 g/mol. The molecule has 2 aromatic carbocycles. The molecule has 0 radical (unpaired) electrons. The molecule has 6 heteroatoms. The van der Waals surface area contributed by atoms with Crippen LogP contribution in [0.3, 0.4) is 0 Å². The predicted octanol–water partition coefficient (Wildman–Crippen LogP) is 3.11. The van der Waals surface area contributed by atoms with Gasteiger partial charge >= 0.3 is 12.1 Å². The van der Waals surface area contributed by atoms with Gasteiger partial charge in [-0.3, -0.25) is 4.90 Å². The quantitative estimate of drug-likeness (QED) is 0.745. The topological polar surface area (TPSA) is 65.1 Å². The second kappa shape index (κ2) is 8.49. The van der Waals surface area contributed by atoms with Gasteiger partial charge in [-0.1, -0.05) is 60.7 Å². The number of amides is 1. The molecule has 0 spiro atoms. The van der Waals surface area contributed by atoms with Gasteiger partial charge < -0.3 is 14.2 Å². The van der Waals surface area contributed by atoms with Crippen LogP contribution in [0.2, 0.25) is 0 Å². The minimum absolute atomic E-state index is 0.129. The molecule has 3 rings (SSSR count). The van der Waals surface area contributed by atoms with Crippen LogP contribution in [0.4, 0.5) is 4.79 Å². The van der Waals surface area contributed by atoms with Gasteiger partial charge in [-0.25, -0.2) is 9.59 Å². The van der Waals surface area contributed by atoms with Gasteiger partial charge in [0.25, 0.3) is 0 Å². The lowest BCUT2D eigenvalue weighted by molar-refractivity contribution is -0.142. The van der Waals surface area contributed by atoms with Crippen molar-refractivity contribution in [3.8, 4) is 0 Å². The molecule has 1 fully saturated rings. The molecule has 0 unspecified atom stereocenters. The summed E-state index contributed by atoms with van der Waals surface area (Å²) >= 11 is 0. The first-order chi connectivity index (χ1) is 12.6. The monoisotopic (exact) mass is 355 g/mol. The van der Waals surface area contributed by atoms with E-state index in [0.717, 1.165) is 11.1 Å². The Bertz CT molecular complexity index is 734. The zero-order chi connectivity index (χ0) is 18.4. The van der Waals surface area contributed by atoms with Gasteiger partial charge in [-0.2, -0.15) is 0 Å². The number of benzene rings is 2. The van der Waals surface area contributed by atoms with Gasteiger partial charge in [0, 0.05) is 0 Å². The maximum Gasteiger partial charge on any atom is 0.413 e. The molecule has 1 amide bonds. The number of cyclic esters (lactones) is 1. The van der Waals surface area contributed by atoms with E-state index in [1.807, 2.05) is 60.7 Å². The lowest BCUT2D eigenvalue weighted by atomic mass is 10.1. The zero-order valence-electron chi connectivity index (χ0n) is 14.5. The normalized spacial score (nSPS) is 17.7. The molecule has 1 aliphatic rings. The molecule has 0 aromatic heterocycles. The zero-order valence-corrected chi connectivity index (χ0v) is 14.5. The molecule has 1 aliphatic heterocycles. The fourth-order valence-electron chi connectivity index (χ4n) is 2.73. The molecule has 2 atom stereocenters. The number of ether oxygens (including phenoxy) is 3. The third kappa shape index (κ3) is 4.40. The Hall–Kier alpha value is -2.86. The largest absolute Gasteiger partial charge is 0.444 e. The summed E-state index contributed by atoms with van der Waals surface area (Å²) in [7, 11) is 0. The van der Waals surface area contributed by atoms with E-state index in [2.05, 4.69) is 0 Å². The van der Waals surface area contributed by atoms with E-state index < -0.39 is 24.2 Å². The highest BCUT2D eigenvalue weighted by molar-refractivity contribution is 5.84. The number of carbonyl (C=O) groups excluding carboxylic acids is 2. The lowest BCUT2D eigenvalue weighted by Crippen LogP contribution is -2.46. The number of hydrogen-bond donors (Lipinski definition) is 0. The van der Waals surface area contributed by atoms with Gasteiger partial charge in [-0.05, 0) is 18.1 Å². The number of nitrogens with zero attached hydrogens (tertiary/aromatic N) is 1. The van der Waals surface area contributed by atoms with Crippen LogP contribution in [0.15, 0.2) is 60.7 Å². The van der Waals surface area contributed by atoms with Crippen LogP contribution >= 0.6 is 0 Å². The molecule has 6 nitrogen and oxygen atoms in total. The summed E-state index contributed by atoms with van der Waals surface area (Å²) in [5.41, 5.74) is 1.86. The van der Waals surface area contributed by atoms with Crippen molar-refractivity contribution in [1.82, 2.24) is 4.90 Å². The Balaban J connectivity index is 1.57. The maximum atomic E-state index is 12.4. The minimum Gasteiger partial charge on any atom is -0.444 e. The Morgan fingerprint density at radius 1 is 1.08 bits per heavy atom. The summed E-state index contributed by atoms with van der Waals surface area (Å²) in [5, 5.41) is 0. The molecule has 0 N–H and O–H groups in total. The van der Waals surface area contributed by atoms with Crippen LogP contribution in [0.5, 0.6) is 0 Å². The van der Waals surface area contributed by atoms with Crippen molar-refractivity contribution >= 4 is 12.1 Å². The first-order valence-corrected chi connectivity index (χ1v) is 8.44. The predicted molar refractivity (Wildman–Crippen MR) is 93.9 cm³/mol. The Morgan fingerprint density at radius 2 is 1.65 bits per heavy atom. The third-order valence-electron chi connectivity index (χ3n) is 4.16. The average Bonchev–Trinajstić information content (AvgIpc) is 3.07. The lowest BCUT2D eigenvalue weighted by Gasteiger charge is -2.24. The second-order valence-electron chi connectivity index (χ2n) is 6.05. The van der Waals surface area contributed by atoms with Crippen LogP contribution in [-0.2, 0) is 32.2 Å². The summed E-state index contributed by atoms with van der Waals surface area (Å²) in [4.78, 5) is 25.7. The summed E-state index contributed by atoms with van der Waals surface area (Å²) in [6.07, 6.45) is -1.12. The molecule has 0 bridgehead atoms. The van der Waals surface area contributed by atoms with Crippen molar-refractivity contribution < 1.29 is 23.8 Å². The van der Waals surface area contributed by atoms with Crippen molar-refractivity contribution in [2.75, 3.05) is 6.73 Å².